The fraction of sp³-hybridized carbons (Fsp3) is 0.267. The van der Waals surface area contributed by atoms with Crippen LogP contribution in [0.2, 0.25) is 0 Å². The largest absolute Gasteiger partial charge is 0.369 e. The number of nitriles is 1. The van der Waals surface area contributed by atoms with Gasteiger partial charge in [-0.2, -0.15) is 5.26 Å². The van der Waals surface area contributed by atoms with E-state index in [-0.39, 0.29) is 0 Å². The van der Waals surface area contributed by atoms with Crippen molar-refractivity contribution in [1.29, 1.82) is 5.26 Å². The molecule has 0 saturated heterocycles. The van der Waals surface area contributed by atoms with Gasteiger partial charge in [0.1, 0.15) is 18.0 Å². The predicted molar refractivity (Wildman–Crippen MR) is 79.3 cm³/mol. The van der Waals surface area contributed by atoms with Crippen LogP contribution in [-0.4, -0.2) is 23.6 Å². The number of hydrogen-bond donors (Lipinski definition) is 1. The van der Waals surface area contributed by atoms with Crippen molar-refractivity contribution in [2.45, 2.75) is 13.0 Å². The molecule has 1 aromatic carbocycles. The number of anilines is 2. The summed E-state index contributed by atoms with van der Waals surface area (Å²) in [5.74, 6) is 1.59. The molecule has 0 aliphatic carbocycles. The van der Waals surface area contributed by atoms with Crippen LogP contribution in [0.5, 0.6) is 0 Å². The van der Waals surface area contributed by atoms with E-state index in [4.69, 9.17) is 5.26 Å². The summed E-state index contributed by atoms with van der Waals surface area (Å²) in [6, 6.07) is 14.2. The van der Waals surface area contributed by atoms with Gasteiger partial charge in [-0.15, -0.1) is 0 Å². The van der Waals surface area contributed by atoms with Gasteiger partial charge in [-0.1, -0.05) is 30.3 Å². The topological polar surface area (TPSA) is 64.8 Å². The molecular weight excluding hydrogens is 250 g/mol. The van der Waals surface area contributed by atoms with Crippen molar-refractivity contribution in [1.82, 2.24) is 9.97 Å². The van der Waals surface area contributed by atoms with Crippen LogP contribution < -0.4 is 10.2 Å². The van der Waals surface area contributed by atoms with E-state index in [2.05, 4.69) is 38.4 Å². The molecule has 5 heteroatoms. The van der Waals surface area contributed by atoms with E-state index in [0.29, 0.717) is 13.0 Å². The zero-order valence-corrected chi connectivity index (χ0v) is 11.5. The van der Waals surface area contributed by atoms with Gasteiger partial charge in [-0.25, -0.2) is 9.97 Å². The van der Waals surface area contributed by atoms with Crippen LogP contribution in [0.1, 0.15) is 12.0 Å². The molecule has 1 heterocycles. The van der Waals surface area contributed by atoms with Crippen molar-refractivity contribution < 1.29 is 0 Å². The van der Waals surface area contributed by atoms with E-state index in [1.165, 1.54) is 11.9 Å². The first kappa shape index (κ1) is 13.8. The molecule has 0 spiro atoms. The number of nitrogens with zero attached hydrogens (tertiary/aromatic N) is 4. The minimum atomic E-state index is 0.458. The van der Waals surface area contributed by atoms with Gasteiger partial charge in [0, 0.05) is 26.2 Å². The Morgan fingerprint density at radius 3 is 2.80 bits per heavy atom. The third kappa shape index (κ3) is 3.95. The van der Waals surface area contributed by atoms with Gasteiger partial charge in [0.15, 0.2) is 0 Å². The average molecular weight is 267 g/mol. The molecule has 0 atom stereocenters. The van der Waals surface area contributed by atoms with Crippen LogP contribution in [-0.2, 0) is 6.54 Å². The van der Waals surface area contributed by atoms with E-state index in [1.54, 1.807) is 0 Å². The predicted octanol–water partition coefficient (Wildman–Crippen LogP) is 2.44. The highest BCUT2D eigenvalue weighted by atomic mass is 15.2. The maximum Gasteiger partial charge on any atom is 0.134 e. The Hall–Kier alpha value is -2.61. The minimum absolute atomic E-state index is 0.458. The van der Waals surface area contributed by atoms with Gasteiger partial charge < -0.3 is 10.2 Å². The molecule has 2 rings (SSSR count). The van der Waals surface area contributed by atoms with Gasteiger partial charge in [-0.3, -0.25) is 0 Å². The highest BCUT2D eigenvalue weighted by Crippen LogP contribution is 2.15. The monoisotopic (exact) mass is 267 g/mol. The molecule has 0 radical (unpaired) electrons. The first-order valence-corrected chi connectivity index (χ1v) is 6.47. The van der Waals surface area contributed by atoms with Crippen molar-refractivity contribution in [2.75, 3.05) is 23.8 Å². The molecule has 0 aliphatic rings. The molecule has 20 heavy (non-hydrogen) atoms. The lowest BCUT2D eigenvalue weighted by Gasteiger charge is -2.18. The lowest BCUT2D eigenvalue weighted by Crippen LogP contribution is -2.18. The Morgan fingerprint density at radius 1 is 1.25 bits per heavy atom. The number of hydrogen-bond acceptors (Lipinski definition) is 5. The van der Waals surface area contributed by atoms with Crippen LogP contribution >= 0.6 is 0 Å². The maximum absolute atomic E-state index is 8.52. The van der Waals surface area contributed by atoms with Crippen LogP contribution in [0.4, 0.5) is 11.6 Å². The van der Waals surface area contributed by atoms with Crippen LogP contribution in [0.25, 0.3) is 0 Å². The molecule has 1 N–H and O–H groups in total. The first-order valence-electron chi connectivity index (χ1n) is 6.47. The van der Waals surface area contributed by atoms with E-state index >= 15 is 0 Å². The normalized spacial score (nSPS) is 9.80. The number of rotatable bonds is 6. The van der Waals surface area contributed by atoms with Gasteiger partial charge in [0.05, 0.1) is 12.5 Å². The Labute approximate surface area is 118 Å². The van der Waals surface area contributed by atoms with E-state index in [9.17, 15) is 0 Å². The molecule has 0 aliphatic heterocycles. The summed E-state index contributed by atoms with van der Waals surface area (Å²) in [5, 5.41) is 11.6. The smallest absolute Gasteiger partial charge is 0.134 e. The standard InChI is InChI=1S/C15H17N5/c1-20(11-13-6-3-2-4-7-13)15-10-14(18-12-19-15)17-9-5-8-16/h2-4,6-7,10,12H,5,9,11H2,1H3,(H,17,18,19). The Kier molecular flexibility index (Phi) is 4.90. The summed E-state index contributed by atoms with van der Waals surface area (Å²) in [6.07, 6.45) is 1.99. The Balaban J connectivity index is 2.01. The molecular formula is C15H17N5. The first-order chi connectivity index (χ1) is 9.79. The number of nitrogens with one attached hydrogen (secondary N) is 1. The molecule has 0 amide bonds. The van der Waals surface area contributed by atoms with Crippen molar-refractivity contribution >= 4 is 11.6 Å². The molecule has 0 unspecified atom stereocenters. The Bertz CT molecular complexity index is 576. The summed E-state index contributed by atoms with van der Waals surface area (Å²) in [4.78, 5) is 10.5. The lowest BCUT2D eigenvalue weighted by atomic mass is 10.2. The van der Waals surface area contributed by atoms with Gasteiger partial charge in [0.2, 0.25) is 0 Å². The van der Waals surface area contributed by atoms with Gasteiger partial charge >= 0.3 is 0 Å². The number of benzene rings is 1. The summed E-state index contributed by atoms with van der Waals surface area (Å²) in [7, 11) is 1.99. The third-order valence-corrected chi connectivity index (χ3v) is 2.85. The SMILES string of the molecule is CN(Cc1ccccc1)c1cc(NCCC#N)ncn1. The molecule has 102 valence electrons. The van der Waals surface area contributed by atoms with E-state index in [0.717, 1.165) is 18.2 Å². The highest BCUT2D eigenvalue weighted by Gasteiger charge is 2.05. The Morgan fingerprint density at radius 2 is 2.05 bits per heavy atom. The van der Waals surface area contributed by atoms with Crippen molar-refractivity contribution in [3.63, 3.8) is 0 Å². The quantitative estimate of drug-likeness (QED) is 0.814. The summed E-state index contributed by atoms with van der Waals surface area (Å²) >= 11 is 0. The van der Waals surface area contributed by atoms with E-state index in [1.807, 2.05) is 31.3 Å². The summed E-state index contributed by atoms with van der Waals surface area (Å²) in [6.45, 7) is 1.38. The van der Waals surface area contributed by atoms with Crippen molar-refractivity contribution in [3.8, 4) is 6.07 Å². The van der Waals surface area contributed by atoms with Gasteiger partial charge in [0.25, 0.3) is 0 Å². The summed E-state index contributed by atoms with van der Waals surface area (Å²) < 4.78 is 0. The molecule has 5 nitrogen and oxygen atoms in total. The van der Waals surface area contributed by atoms with E-state index < -0.39 is 0 Å². The van der Waals surface area contributed by atoms with Crippen LogP contribution in [0.15, 0.2) is 42.7 Å². The highest BCUT2D eigenvalue weighted by molar-refractivity contribution is 5.48. The van der Waals surface area contributed by atoms with Crippen LogP contribution in [0, 0.1) is 11.3 Å². The van der Waals surface area contributed by atoms with Crippen molar-refractivity contribution in [3.05, 3.63) is 48.3 Å². The van der Waals surface area contributed by atoms with Crippen molar-refractivity contribution in [2.24, 2.45) is 0 Å². The lowest BCUT2D eigenvalue weighted by molar-refractivity contribution is 0.890. The zero-order chi connectivity index (χ0) is 14.2. The fourth-order valence-electron chi connectivity index (χ4n) is 1.84. The third-order valence-electron chi connectivity index (χ3n) is 2.85. The molecule has 1 aromatic heterocycles. The molecule has 0 saturated carbocycles. The molecule has 2 aromatic rings. The van der Waals surface area contributed by atoms with Gasteiger partial charge in [-0.05, 0) is 5.56 Å². The zero-order valence-electron chi connectivity index (χ0n) is 11.5. The molecule has 0 fully saturated rings. The maximum atomic E-state index is 8.52. The second-order valence-electron chi connectivity index (χ2n) is 4.44. The minimum Gasteiger partial charge on any atom is -0.369 e. The second-order valence-corrected chi connectivity index (χ2v) is 4.44. The number of aromatic nitrogens is 2. The fourth-order valence-corrected chi connectivity index (χ4v) is 1.84. The average Bonchev–Trinajstić information content (AvgIpc) is 2.49. The second kappa shape index (κ2) is 7.10. The van der Waals surface area contributed by atoms with Crippen LogP contribution in [0.3, 0.4) is 0 Å². The summed E-state index contributed by atoms with van der Waals surface area (Å²) in [5.41, 5.74) is 1.23. The molecule has 0 bridgehead atoms.